The third-order valence-corrected chi connectivity index (χ3v) is 4.42. The van der Waals surface area contributed by atoms with Crippen LogP contribution < -0.4 is 14.2 Å². The minimum absolute atomic E-state index is 0.532. The van der Waals surface area contributed by atoms with Crippen LogP contribution in [0, 0.1) is 13.8 Å². The van der Waals surface area contributed by atoms with E-state index in [1.54, 1.807) is 12.3 Å². The molecular formula is C23H28ClNO4. The van der Waals surface area contributed by atoms with E-state index in [4.69, 9.17) is 25.8 Å². The van der Waals surface area contributed by atoms with Crippen molar-refractivity contribution in [2.75, 3.05) is 26.9 Å². The molecule has 0 aliphatic heterocycles. The average molecular weight is 418 g/mol. The van der Waals surface area contributed by atoms with Gasteiger partial charge >= 0.3 is 0 Å². The van der Waals surface area contributed by atoms with Crippen LogP contribution in [0.5, 0.6) is 17.2 Å². The lowest BCUT2D eigenvalue weighted by atomic mass is 10.1. The van der Waals surface area contributed by atoms with Gasteiger partial charge < -0.3 is 19.0 Å². The molecule has 0 aliphatic carbocycles. The summed E-state index contributed by atoms with van der Waals surface area (Å²) < 4.78 is 17.4. The number of halogens is 1. The van der Waals surface area contributed by atoms with Gasteiger partial charge in [-0.25, -0.2) is 0 Å². The maximum Gasteiger partial charge on any atom is 0.125 e. The molecule has 29 heavy (non-hydrogen) atoms. The monoisotopic (exact) mass is 417 g/mol. The molecule has 0 aromatic heterocycles. The first kappa shape index (κ1) is 22.6. The Balaban J connectivity index is 1.80. The molecule has 0 saturated heterocycles. The average Bonchev–Trinajstić information content (AvgIpc) is 2.69. The van der Waals surface area contributed by atoms with Crippen molar-refractivity contribution in [3.63, 3.8) is 0 Å². The molecule has 0 N–H and O–H groups in total. The first-order chi connectivity index (χ1) is 14.0. The van der Waals surface area contributed by atoms with Crippen LogP contribution in [-0.2, 0) is 4.84 Å². The van der Waals surface area contributed by atoms with Crippen LogP contribution in [0.2, 0.25) is 5.02 Å². The predicted molar refractivity (Wildman–Crippen MR) is 118 cm³/mol. The molecule has 0 unspecified atom stereocenters. The maximum atomic E-state index is 6.21. The standard InChI is InChI=1S/C23H28ClNO4/c1-5-6-10-28-21-13-17(2)23(18(3)14-21)29-12-7-11-27-20-9-8-19(16-25-26-4)22(24)15-20/h5-6,8-9,13-16H,7,10-12H2,1-4H3/b6-5+,25-16?. The van der Waals surface area contributed by atoms with Gasteiger partial charge in [-0.1, -0.05) is 28.9 Å². The number of hydrogen-bond donors (Lipinski definition) is 0. The second kappa shape index (κ2) is 12.0. The zero-order valence-corrected chi connectivity index (χ0v) is 18.2. The van der Waals surface area contributed by atoms with Crippen LogP contribution in [0.25, 0.3) is 0 Å². The third-order valence-electron chi connectivity index (χ3n) is 4.09. The number of oxime groups is 1. The van der Waals surface area contributed by atoms with Gasteiger partial charge in [-0.15, -0.1) is 0 Å². The van der Waals surface area contributed by atoms with Crippen LogP contribution in [0.15, 0.2) is 47.6 Å². The molecule has 6 heteroatoms. The Kier molecular flexibility index (Phi) is 9.38. The second-order valence-electron chi connectivity index (χ2n) is 6.42. The first-order valence-electron chi connectivity index (χ1n) is 9.52. The van der Waals surface area contributed by atoms with Crippen molar-refractivity contribution in [1.82, 2.24) is 0 Å². The number of nitrogens with zero attached hydrogens (tertiary/aromatic N) is 1. The minimum Gasteiger partial charge on any atom is -0.493 e. The summed E-state index contributed by atoms with van der Waals surface area (Å²) in [6.07, 6.45) is 6.25. The summed E-state index contributed by atoms with van der Waals surface area (Å²) in [4.78, 5) is 4.66. The Hall–Kier alpha value is -2.66. The highest BCUT2D eigenvalue weighted by Crippen LogP contribution is 2.28. The van der Waals surface area contributed by atoms with Crippen molar-refractivity contribution in [3.05, 3.63) is 64.2 Å². The molecule has 2 aromatic carbocycles. The fourth-order valence-electron chi connectivity index (χ4n) is 2.70. The molecule has 0 saturated carbocycles. The van der Waals surface area contributed by atoms with Crippen LogP contribution in [0.1, 0.15) is 30.0 Å². The highest BCUT2D eigenvalue weighted by atomic mass is 35.5. The highest BCUT2D eigenvalue weighted by Gasteiger charge is 2.07. The number of ether oxygens (including phenoxy) is 3. The van der Waals surface area contributed by atoms with E-state index in [1.165, 1.54) is 7.11 Å². The van der Waals surface area contributed by atoms with Crippen LogP contribution >= 0.6 is 11.6 Å². The molecule has 0 aliphatic rings. The Morgan fingerprint density at radius 2 is 1.69 bits per heavy atom. The molecular weight excluding hydrogens is 390 g/mol. The zero-order chi connectivity index (χ0) is 21.1. The highest BCUT2D eigenvalue weighted by molar-refractivity contribution is 6.33. The fourth-order valence-corrected chi connectivity index (χ4v) is 2.92. The van der Waals surface area contributed by atoms with Gasteiger partial charge in [-0.3, -0.25) is 0 Å². The number of allylic oxidation sites excluding steroid dienone is 1. The van der Waals surface area contributed by atoms with Crippen LogP contribution in [0.3, 0.4) is 0 Å². The van der Waals surface area contributed by atoms with Gasteiger partial charge in [0.2, 0.25) is 0 Å². The van der Waals surface area contributed by atoms with Crippen LogP contribution in [0.4, 0.5) is 0 Å². The van der Waals surface area contributed by atoms with Crippen molar-refractivity contribution in [2.24, 2.45) is 5.16 Å². The summed E-state index contributed by atoms with van der Waals surface area (Å²) in [5, 5.41) is 4.27. The van der Waals surface area contributed by atoms with E-state index in [-0.39, 0.29) is 0 Å². The molecule has 5 nitrogen and oxygen atoms in total. The Morgan fingerprint density at radius 3 is 2.34 bits per heavy atom. The van der Waals surface area contributed by atoms with E-state index in [1.807, 2.05) is 57.2 Å². The lowest BCUT2D eigenvalue weighted by Crippen LogP contribution is -2.07. The Morgan fingerprint density at radius 1 is 0.966 bits per heavy atom. The van der Waals surface area contributed by atoms with Crippen molar-refractivity contribution in [1.29, 1.82) is 0 Å². The summed E-state index contributed by atoms with van der Waals surface area (Å²) >= 11 is 6.21. The summed E-state index contributed by atoms with van der Waals surface area (Å²) in [7, 11) is 1.49. The van der Waals surface area contributed by atoms with E-state index in [9.17, 15) is 0 Å². The van der Waals surface area contributed by atoms with Crippen LogP contribution in [-0.4, -0.2) is 33.1 Å². The summed E-state index contributed by atoms with van der Waals surface area (Å²) in [6, 6.07) is 9.45. The molecule has 0 heterocycles. The van der Waals surface area contributed by atoms with Crippen molar-refractivity contribution in [3.8, 4) is 17.2 Å². The quantitative estimate of drug-likeness (QED) is 0.202. The number of aryl methyl sites for hydroxylation is 2. The lowest BCUT2D eigenvalue weighted by Gasteiger charge is -2.14. The summed E-state index contributed by atoms with van der Waals surface area (Å²) in [5.74, 6) is 2.46. The zero-order valence-electron chi connectivity index (χ0n) is 17.4. The van der Waals surface area contributed by atoms with Gasteiger partial charge in [0, 0.05) is 12.0 Å². The molecule has 0 fully saturated rings. The molecule has 156 valence electrons. The van der Waals surface area contributed by atoms with Gasteiger partial charge in [0.05, 0.1) is 24.5 Å². The van der Waals surface area contributed by atoms with E-state index in [2.05, 4.69) is 9.99 Å². The molecule has 0 amide bonds. The van der Waals surface area contributed by atoms with Gasteiger partial charge in [-0.2, -0.15) is 0 Å². The molecule has 0 atom stereocenters. The van der Waals surface area contributed by atoms with E-state index in [0.717, 1.165) is 34.6 Å². The minimum atomic E-state index is 0.532. The molecule has 0 spiro atoms. The third kappa shape index (κ3) is 7.35. The van der Waals surface area contributed by atoms with Crippen molar-refractivity contribution in [2.45, 2.75) is 27.2 Å². The van der Waals surface area contributed by atoms with E-state index >= 15 is 0 Å². The van der Waals surface area contributed by atoms with E-state index < -0.39 is 0 Å². The number of rotatable bonds is 11. The smallest absolute Gasteiger partial charge is 0.125 e. The van der Waals surface area contributed by atoms with Crippen molar-refractivity contribution < 1.29 is 19.0 Å². The topological polar surface area (TPSA) is 49.3 Å². The van der Waals surface area contributed by atoms with Gasteiger partial charge in [0.15, 0.2) is 0 Å². The molecule has 0 bridgehead atoms. The lowest BCUT2D eigenvalue weighted by molar-refractivity contribution is 0.215. The summed E-state index contributed by atoms with van der Waals surface area (Å²) in [6.45, 7) is 7.69. The number of benzene rings is 2. The molecule has 0 radical (unpaired) electrons. The molecule has 2 aromatic rings. The molecule has 2 rings (SSSR count). The SMILES string of the molecule is C/C=C/COc1cc(C)c(OCCCOc2ccc(C=NOC)c(Cl)c2)c(C)c1. The Labute approximate surface area is 177 Å². The number of hydrogen-bond acceptors (Lipinski definition) is 5. The first-order valence-corrected chi connectivity index (χ1v) is 9.89. The summed E-state index contributed by atoms with van der Waals surface area (Å²) in [5.41, 5.74) is 2.89. The predicted octanol–water partition coefficient (Wildman–Crippen LogP) is 5.74. The maximum absolute atomic E-state index is 6.21. The largest absolute Gasteiger partial charge is 0.493 e. The van der Waals surface area contributed by atoms with Gasteiger partial charge in [0.25, 0.3) is 0 Å². The van der Waals surface area contributed by atoms with Crippen molar-refractivity contribution >= 4 is 17.8 Å². The normalized spacial score (nSPS) is 11.2. The Bertz CT molecular complexity index is 826. The van der Waals surface area contributed by atoms with Gasteiger partial charge in [0.1, 0.15) is 31.0 Å². The second-order valence-corrected chi connectivity index (χ2v) is 6.82. The van der Waals surface area contributed by atoms with E-state index in [0.29, 0.717) is 30.6 Å². The van der Waals surface area contributed by atoms with Gasteiger partial charge in [-0.05, 0) is 62.2 Å². The fraction of sp³-hybridized carbons (Fsp3) is 0.348.